The molecule has 0 aromatic carbocycles. The quantitative estimate of drug-likeness (QED) is 0.713. The van der Waals surface area contributed by atoms with E-state index in [4.69, 9.17) is 27.8 Å². The number of hydrogen-bond donors (Lipinski definition) is 2. The molecule has 0 aliphatic carbocycles. The summed E-state index contributed by atoms with van der Waals surface area (Å²) in [6, 6.07) is 0. The standard InChI is InChI=1S/C6H9ClN4O/c1-2-12-5-3(7)4(8)10-6(9)11-5/h2H2,1H3,(H4,8,9,10,11). The lowest BCUT2D eigenvalue weighted by Crippen LogP contribution is -2.04. The summed E-state index contributed by atoms with van der Waals surface area (Å²) in [5.74, 6) is 0.414. The van der Waals surface area contributed by atoms with Gasteiger partial charge in [0.15, 0.2) is 5.82 Å². The van der Waals surface area contributed by atoms with Gasteiger partial charge in [-0.05, 0) is 6.92 Å². The van der Waals surface area contributed by atoms with Crippen molar-refractivity contribution in [3.8, 4) is 5.88 Å². The van der Waals surface area contributed by atoms with Gasteiger partial charge in [-0.25, -0.2) is 0 Å². The summed E-state index contributed by atoms with van der Waals surface area (Å²) in [7, 11) is 0. The Morgan fingerprint density at radius 1 is 1.42 bits per heavy atom. The fourth-order valence-electron chi connectivity index (χ4n) is 0.693. The zero-order valence-corrected chi connectivity index (χ0v) is 7.30. The molecule has 0 saturated heterocycles. The van der Waals surface area contributed by atoms with E-state index in [0.29, 0.717) is 6.61 Å². The van der Waals surface area contributed by atoms with Crippen LogP contribution in [0.4, 0.5) is 11.8 Å². The number of nitrogens with two attached hydrogens (primary N) is 2. The first kappa shape index (κ1) is 8.86. The van der Waals surface area contributed by atoms with Crippen LogP contribution in [0.25, 0.3) is 0 Å². The molecule has 0 aliphatic heterocycles. The van der Waals surface area contributed by atoms with E-state index < -0.39 is 0 Å². The Labute approximate surface area is 74.7 Å². The summed E-state index contributed by atoms with van der Waals surface area (Å²) in [4.78, 5) is 7.40. The van der Waals surface area contributed by atoms with Crippen LogP contribution >= 0.6 is 11.6 Å². The number of ether oxygens (including phenoxy) is 1. The van der Waals surface area contributed by atoms with Crippen molar-refractivity contribution < 1.29 is 4.74 Å². The van der Waals surface area contributed by atoms with Gasteiger partial charge in [-0.3, -0.25) is 0 Å². The summed E-state index contributed by atoms with van der Waals surface area (Å²) in [6.07, 6.45) is 0. The van der Waals surface area contributed by atoms with Crippen LogP contribution in [0, 0.1) is 0 Å². The third-order valence-electron chi connectivity index (χ3n) is 1.14. The molecule has 1 rings (SSSR count). The van der Waals surface area contributed by atoms with E-state index in [1.54, 1.807) is 0 Å². The first-order chi connectivity index (χ1) is 5.65. The molecular formula is C6H9ClN4O. The average molecular weight is 189 g/mol. The molecule has 0 unspecified atom stereocenters. The minimum Gasteiger partial charge on any atom is -0.477 e. The molecule has 0 aliphatic rings. The van der Waals surface area contributed by atoms with Crippen molar-refractivity contribution in [3.63, 3.8) is 0 Å². The molecule has 4 N–H and O–H groups in total. The van der Waals surface area contributed by atoms with E-state index in [0.717, 1.165) is 0 Å². The van der Waals surface area contributed by atoms with Crippen LogP contribution in [0.2, 0.25) is 5.02 Å². The topological polar surface area (TPSA) is 87.0 Å². The van der Waals surface area contributed by atoms with E-state index in [-0.39, 0.29) is 22.7 Å². The number of rotatable bonds is 2. The van der Waals surface area contributed by atoms with Crippen molar-refractivity contribution >= 4 is 23.4 Å². The predicted molar refractivity (Wildman–Crippen MR) is 47.0 cm³/mol. The molecule has 12 heavy (non-hydrogen) atoms. The second-order valence-corrected chi connectivity index (χ2v) is 2.40. The monoisotopic (exact) mass is 188 g/mol. The van der Waals surface area contributed by atoms with Crippen molar-refractivity contribution in [1.29, 1.82) is 0 Å². The lowest BCUT2D eigenvalue weighted by atomic mass is 10.5. The molecule has 1 heterocycles. The van der Waals surface area contributed by atoms with Gasteiger partial charge in [0.1, 0.15) is 5.02 Å². The fourth-order valence-corrected chi connectivity index (χ4v) is 0.832. The normalized spacial score (nSPS) is 9.83. The molecule has 0 spiro atoms. The van der Waals surface area contributed by atoms with Crippen molar-refractivity contribution in [2.45, 2.75) is 6.92 Å². The second kappa shape index (κ2) is 3.44. The highest BCUT2D eigenvalue weighted by Gasteiger charge is 2.08. The van der Waals surface area contributed by atoms with Crippen molar-refractivity contribution in [3.05, 3.63) is 5.02 Å². The smallest absolute Gasteiger partial charge is 0.239 e. The van der Waals surface area contributed by atoms with Crippen LogP contribution in [-0.4, -0.2) is 16.6 Å². The van der Waals surface area contributed by atoms with E-state index in [2.05, 4.69) is 9.97 Å². The Kier molecular flexibility index (Phi) is 2.54. The Bertz CT molecular complexity index is 291. The Morgan fingerprint density at radius 2 is 2.08 bits per heavy atom. The summed E-state index contributed by atoms with van der Waals surface area (Å²) in [5, 5.41) is 0.200. The van der Waals surface area contributed by atoms with Gasteiger partial charge >= 0.3 is 0 Å². The Balaban J connectivity index is 3.09. The zero-order chi connectivity index (χ0) is 9.14. The molecule has 0 bridgehead atoms. The molecule has 0 atom stereocenters. The third kappa shape index (κ3) is 1.68. The molecule has 0 fully saturated rings. The highest BCUT2D eigenvalue weighted by atomic mass is 35.5. The predicted octanol–water partition coefficient (Wildman–Crippen LogP) is 0.693. The van der Waals surface area contributed by atoms with Crippen LogP contribution in [-0.2, 0) is 0 Å². The second-order valence-electron chi connectivity index (χ2n) is 2.02. The lowest BCUT2D eigenvalue weighted by Gasteiger charge is -2.05. The Hall–Kier alpha value is -1.23. The zero-order valence-electron chi connectivity index (χ0n) is 6.54. The van der Waals surface area contributed by atoms with Gasteiger partial charge in [-0.1, -0.05) is 11.6 Å². The van der Waals surface area contributed by atoms with Crippen LogP contribution in [0.1, 0.15) is 6.92 Å². The fraction of sp³-hybridized carbons (Fsp3) is 0.333. The summed E-state index contributed by atoms with van der Waals surface area (Å²) < 4.78 is 5.06. The molecule has 6 heteroatoms. The van der Waals surface area contributed by atoms with Gasteiger partial charge in [-0.2, -0.15) is 9.97 Å². The molecule has 5 nitrogen and oxygen atoms in total. The van der Waals surface area contributed by atoms with Crippen LogP contribution in [0.15, 0.2) is 0 Å². The average Bonchev–Trinajstić information content (AvgIpc) is 2.00. The van der Waals surface area contributed by atoms with E-state index >= 15 is 0 Å². The number of nitrogen functional groups attached to an aromatic ring is 2. The number of nitrogens with zero attached hydrogens (tertiary/aromatic N) is 2. The summed E-state index contributed by atoms with van der Waals surface area (Å²) >= 11 is 5.71. The highest BCUT2D eigenvalue weighted by molar-refractivity contribution is 6.34. The summed E-state index contributed by atoms with van der Waals surface area (Å²) in [5.41, 5.74) is 10.7. The maximum atomic E-state index is 5.71. The lowest BCUT2D eigenvalue weighted by molar-refractivity contribution is 0.327. The first-order valence-electron chi connectivity index (χ1n) is 3.36. The van der Waals surface area contributed by atoms with Gasteiger partial charge < -0.3 is 16.2 Å². The molecule has 1 aromatic rings. The number of anilines is 2. The van der Waals surface area contributed by atoms with Crippen molar-refractivity contribution in [2.75, 3.05) is 18.1 Å². The van der Waals surface area contributed by atoms with Crippen LogP contribution in [0.3, 0.4) is 0 Å². The van der Waals surface area contributed by atoms with Crippen molar-refractivity contribution in [1.82, 2.24) is 9.97 Å². The minimum absolute atomic E-state index is 0.0559. The Morgan fingerprint density at radius 3 is 2.67 bits per heavy atom. The molecule has 0 radical (unpaired) electrons. The molecular weight excluding hydrogens is 180 g/mol. The van der Waals surface area contributed by atoms with Crippen molar-refractivity contribution in [2.24, 2.45) is 0 Å². The number of halogens is 1. The van der Waals surface area contributed by atoms with E-state index in [1.165, 1.54) is 0 Å². The maximum absolute atomic E-state index is 5.71. The molecule has 1 aromatic heterocycles. The largest absolute Gasteiger partial charge is 0.477 e. The summed E-state index contributed by atoms with van der Waals surface area (Å²) in [6.45, 7) is 2.26. The van der Waals surface area contributed by atoms with Gasteiger partial charge in [0.05, 0.1) is 6.61 Å². The molecule has 0 saturated carbocycles. The maximum Gasteiger partial charge on any atom is 0.239 e. The molecule has 66 valence electrons. The number of hydrogen-bond acceptors (Lipinski definition) is 5. The van der Waals surface area contributed by atoms with Gasteiger partial charge in [0.2, 0.25) is 11.8 Å². The van der Waals surface area contributed by atoms with E-state index in [9.17, 15) is 0 Å². The minimum atomic E-state index is 0.0559. The highest BCUT2D eigenvalue weighted by Crippen LogP contribution is 2.27. The van der Waals surface area contributed by atoms with Crippen LogP contribution in [0.5, 0.6) is 5.88 Å². The molecule has 0 amide bonds. The first-order valence-corrected chi connectivity index (χ1v) is 3.74. The van der Waals surface area contributed by atoms with Crippen LogP contribution < -0.4 is 16.2 Å². The van der Waals surface area contributed by atoms with Gasteiger partial charge in [0.25, 0.3) is 0 Å². The SMILES string of the molecule is CCOc1nc(N)nc(N)c1Cl. The van der Waals surface area contributed by atoms with E-state index in [1.807, 2.05) is 6.92 Å². The third-order valence-corrected chi connectivity index (χ3v) is 1.50. The van der Waals surface area contributed by atoms with Gasteiger partial charge in [-0.15, -0.1) is 0 Å². The van der Waals surface area contributed by atoms with Gasteiger partial charge in [0, 0.05) is 0 Å². The number of aromatic nitrogens is 2.